The van der Waals surface area contributed by atoms with Gasteiger partial charge in [0, 0.05) is 24.7 Å². The predicted molar refractivity (Wildman–Crippen MR) is 84.9 cm³/mol. The monoisotopic (exact) mass is 310 g/mol. The Morgan fingerprint density at radius 2 is 2.10 bits per heavy atom. The van der Waals surface area contributed by atoms with Crippen LogP contribution in [0.2, 0.25) is 0 Å². The van der Waals surface area contributed by atoms with E-state index in [9.17, 15) is 4.79 Å². The quantitative estimate of drug-likeness (QED) is 0.912. The summed E-state index contributed by atoms with van der Waals surface area (Å²) >= 11 is 0. The predicted octanol–water partition coefficient (Wildman–Crippen LogP) is 2.31. The second kappa shape index (κ2) is 7.14. The summed E-state index contributed by atoms with van der Waals surface area (Å²) in [6.45, 7) is 2.03. The molecule has 0 saturated carbocycles. The number of halogens is 1. The first kappa shape index (κ1) is 16.1. The van der Waals surface area contributed by atoms with Crippen LogP contribution in [0, 0.1) is 0 Å². The number of carbonyl (C=O) groups excluding carboxylic acids is 1. The van der Waals surface area contributed by atoms with Crippen molar-refractivity contribution in [3.05, 3.63) is 29.8 Å². The van der Waals surface area contributed by atoms with Gasteiger partial charge < -0.3 is 15.4 Å². The largest absolute Gasteiger partial charge is 0.493 e. The van der Waals surface area contributed by atoms with Gasteiger partial charge in [-0.2, -0.15) is 0 Å². The molecule has 1 aromatic rings. The number of rotatable bonds is 2. The number of piperidine rings is 1. The minimum atomic E-state index is -0.0629. The normalized spacial score (nSPS) is 24.5. The Hall–Kier alpha value is -1.26. The summed E-state index contributed by atoms with van der Waals surface area (Å²) in [5.41, 5.74) is 6.87. The van der Waals surface area contributed by atoms with Gasteiger partial charge in [-0.1, -0.05) is 18.2 Å². The van der Waals surface area contributed by atoms with Crippen LogP contribution in [-0.4, -0.2) is 36.5 Å². The number of fused-ring (bicyclic) bond motifs is 1. The lowest BCUT2D eigenvalue weighted by molar-refractivity contribution is -0.137. The fourth-order valence-electron chi connectivity index (χ4n) is 3.33. The third-order valence-corrected chi connectivity index (χ3v) is 4.44. The van der Waals surface area contributed by atoms with Crippen molar-refractivity contribution in [3.8, 4) is 5.75 Å². The zero-order valence-electron chi connectivity index (χ0n) is 12.2. The van der Waals surface area contributed by atoms with Crippen LogP contribution in [0.3, 0.4) is 0 Å². The SMILES string of the molecule is Cl.NCC1CCCCN1C(=O)C1CCOc2ccccc21. The fraction of sp³-hybridized carbons (Fsp3) is 0.562. The van der Waals surface area contributed by atoms with Crippen molar-refractivity contribution in [1.29, 1.82) is 0 Å². The molecule has 1 saturated heterocycles. The van der Waals surface area contributed by atoms with Gasteiger partial charge >= 0.3 is 0 Å². The first-order chi connectivity index (χ1) is 9.81. The van der Waals surface area contributed by atoms with E-state index in [2.05, 4.69) is 0 Å². The Bertz CT molecular complexity index is 495. The maximum atomic E-state index is 12.9. The van der Waals surface area contributed by atoms with E-state index in [0.29, 0.717) is 13.2 Å². The molecule has 2 unspecified atom stereocenters. The number of hydrogen-bond donors (Lipinski definition) is 1. The highest BCUT2D eigenvalue weighted by Crippen LogP contribution is 2.35. The fourth-order valence-corrected chi connectivity index (χ4v) is 3.33. The molecule has 2 aliphatic rings. The van der Waals surface area contributed by atoms with Crippen LogP contribution >= 0.6 is 12.4 Å². The van der Waals surface area contributed by atoms with Gasteiger partial charge in [-0.25, -0.2) is 0 Å². The number of benzene rings is 1. The lowest BCUT2D eigenvalue weighted by atomic mass is 9.90. The number of para-hydroxylation sites is 1. The highest BCUT2D eigenvalue weighted by atomic mass is 35.5. The van der Waals surface area contributed by atoms with Gasteiger partial charge in [-0.3, -0.25) is 4.79 Å². The molecule has 116 valence electrons. The molecule has 0 aliphatic carbocycles. The van der Waals surface area contributed by atoms with Crippen molar-refractivity contribution in [3.63, 3.8) is 0 Å². The van der Waals surface area contributed by atoms with Gasteiger partial charge in [0.2, 0.25) is 5.91 Å². The van der Waals surface area contributed by atoms with Crippen LogP contribution in [-0.2, 0) is 4.79 Å². The Morgan fingerprint density at radius 3 is 2.90 bits per heavy atom. The lowest BCUT2D eigenvalue weighted by Crippen LogP contribution is -2.49. The van der Waals surface area contributed by atoms with E-state index in [1.807, 2.05) is 29.2 Å². The Balaban J connectivity index is 0.00000161. The van der Waals surface area contributed by atoms with Crippen molar-refractivity contribution < 1.29 is 9.53 Å². The third-order valence-electron chi connectivity index (χ3n) is 4.44. The first-order valence-electron chi connectivity index (χ1n) is 7.53. The topological polar surface area (TPSA) is 55.6 Å². The van der Waals surface area contributed by atoms with Gasteiger partial charge in [0.1, 0.15) is 5.75 Å². The molecule has 2 heterocycles. The van der Waals surface area contributed by atoms with E-state index in [4.69, 9.17) is 10.5 Å². The van der Waals surface area contributed by atoms with E-state index in [-0.39, 0.29) is 30.3 Å². The molecule has 1 amide bonds. The van der Waals surface area contributed by atoms with Gasteiger partial charge in [0.25, 0.3) is 0 Å². The molecule has 5 heteroatoms. The van der Waals surface area contributed by atoms with Crippen molar-refractivity contribution in [1.82, 2.24) is 4.90 Å². The molecule has 0 bridgehead atoms. The van der Waals surface area contributed by atoms with Gasteiger partial charge in [0.05, 0.1) is 12.5 Å². The van der Waals surface area contributed by atoms with Gasteiger partial charge in [-0.15, -0.1) is 12.4 Å². The van der Waals surface area contributed by atoms with Gasteiger partial charge in [-0.05, 0) is 31.7 Å². The average Bonchev–Trinajstić information content (AvgIpc) is 2.53. The smallest absolute Gasteiger partial charge is 0.230 e. The van der Waals surface area contributed by atoms with Crippen LogP contribution in [0.1, 0.15) is 37.2 Å². The Labute approximate surface area is 132 Å². The van der Waals surface area contributed by atoms with Crippen molar-refractivity contribution in [2.24, 2.45) is 5.73 Å². The molecule has 3 rings (SSSR count). The minimum Gasteiger partial charge on any atom is -0.493 e. The summed E-state index contributed by atoms with van der Waals surface area (Å²) in [5, 5.41) is 0. The summed E-state index contributed by atoms with van der Waals surface area (Å²) < 4.78 is 5.65. The van der Waals surface area contributed by atoms with Crippen molar-refractivity contribution in [2.45, 2.75) is 37.6 Å². The molecule has 0 aromatic heterocycles. The van der Waals surface area contributed by atoms with Crippen LogP contribution < -0.4 is 10.5 Å². The number of amides is 1. The van der Waals surface area contributed by atoms with Crippen LogP contribution in [0.25, 0.3) is 0 Å². The third kappa shape index (κ3) is 3.16. The zero-order valence-corrected chi connectivity index (χ0v) is 13.0. The molecule has 0 spiro atoms. The van der Waals surface area contributed by atoms with Crippen molar-refractivity contribution in [2.75, 3.05) is 19.7 Å². The Kier molecular flexibility index (Phi) is 5.48. The number of nitrogens with two attached hydrogens (primary N) is 1. The number of hydrogen-bond acceptors (Lipinski definition) is 3. The van der Waals surface area contributed by atoms with E-state index in [1.165, 1.54) is 6.42 Å². The van der Waals surface area contributed by atoms with E-state index in [1.54, 1.807) is 0 Å². The second-order valence-electron chi connectivity index (χ2n) is 5.64. The van der Waals surface area contributed by atoms with Crippen LogP contribution in [0.15, 0.2) is 24.3 Å². The van der Waals surface area contributed by atoms with Crippen LogP contribution in [0.5, 0.6) is 5.75 Å². The molecule has 1 aromatic carbocycles. The standard InChI is InChI=1S/C16H22N2O2.ClH/c17-11-12-5-3-4-9-18(12)16(19)14-8-10-20-15-7-2-1-6-13(14)15;/h1-2,6-7,12,14H,3-5,8-11,17H2;1H. The molecule has 4 nitrogen and oxygen atoms in total. The number of likely N-dealkylation sites (tertiary alicyclic amines) is 1. The zero-order chi connectivity index (χ0) is 13.9. The molecule has 2 atom stereocenters. The Morgan fingerprint density at radius 1 is 1.29 bits per heavy atom. The minimum absolute atomic E-state index is 0. The van der Waals surface area contributed by atoms with Crippen molar-refractivity contribution >= 4 is 18.3 Å². The summed E-state index contributed by atoms with van der Waals surface area (Å²) in [4.78, 5) is 14.9. The van der Waals surface area contributed by atoms with E-state index >= 15 is 0 Å². The van der Waals surface area contributed by atoms with Gasteiger partial charge in [0.15, 0.2) is 0 Å². The van der Waals surface area contributed by atoms with Crippen LogP contribution in [0.4, 0.5) is 0 Å². The number of nitrogens with zero attached hydrogens (tertiary/aromatic N) is 1. The maximum Gasteiger partial charge on any atom is 0.230 e. The molecular weight excluding hydrogens is 288 g/mol. The first-order valence-corrected chi connectivity index (χ1v) is 7.53. The number of carbonyl (C=O) groups is 1. The number of ether oxygens (including phenoxy) is 1. The summed E-state index contributed by atoms with van der Waals surface area (Å²) in [6.07, 6.45) is 4.07. The lowest BCUT2D eigenvalue weighted by Gasteiger charge is -2.38. The average molecular weight is 311 g/mol. The molecule has 2 N–H and O–H groups in total. The second-order valence-corrected chi connectivity index (χ2v) is 5.64. The van der Waals surface area contributed by atoms with E-state index < -0.39 is 0 Å². The molecule has 1 fully saturated rings. The maximum absolute atomic E-state index is 12.9. The molecule has 2 aliphatic heterocycles. The summed E-state index contributed by atoms with van der Waals surface area (Å²) in [7, 11) is 0. The molecular formula is C16H23ClN2O2. The highest BCUT2D eigenvalue weighted by molar-refractivity contribution is 5.85. The molecule has 21 heavy (non-hydrogen) atoms. The van der Waals surface area contributed by atoms with E-state index in [0.717, 1.165) is 37.1 Å². The summed E-state index contributed by atoms with van der Waals surface area (Å²) in [5.74, 6) is 1.03. The molecule has 0 radical (unpaired) electrons. The summed E-state index contributed by atoms with van der Waals surface area (Å²) in [6, 6.07) is 8.11. The highest BCUT2D eigenvalue weighted by Gasteiger charge is 2.34.